The highest BCUT2D eigenvalue weighted by Gasteiger charge is 2.22. The minimum atomic E-state index is -5.31. The van der Waals surface area contributed by atoms with Crippen LogP contribution >= 0.6 is 0 Å². The fourth-order valence-corrected chi connectivity index (χ4v) is 0.215. The molecule has 0 atom stereocenters. The summed E-state index contributed by atoms with van der Waals surface area (Å²) in [5.74, 6) is 0. The number of hydrogen-bond acceptors (Lipinski definition) is 5. The molecule has 0 aromatic carbocycles. The number of rotatable bonds is 1. The van der Waals surface area contributed by atoms with Crippen molar-refractivity contribution < 1.29 is 25.9 Å². The highest BCUT2D eigenvalue weighted by Crippen LogP contribution is 1.90. The highest BCUT2D eigenvalue weighted by atomic mass is 33.2. The van der Waals surface area contributed by atoms with E-state index >= 15 is 0 Å². The molecule has 1 heterocycles. The Morgan fingerprint density at radius 1 is 1.08 bits per heavy atom. The van der Waals surface area contributed by atoms with Gasteiger partial charge in [0.25, 0.3) is 0 Å². The molecule has 0 spiro atoms. The number of aromatic nitrogens is 2. The minimum Gasteiger partial charge on any atom is -0.351 e. The van der Waals surface area contributed by atoms with Gasteiger partial charge in [-0.05, 0) is 0 Å². The third-order valence-electron chi connectivity index (χ3n) is 0.672. The zero-order chi connectivity index (χ0) is 10.5. The molecule has 13 heavy (non-hydrogen) atoms. The third kappa shape index (κ3) is 5.30. The maximum absolute atomic E-state index is 9.37. The van der Waals surface area contributed by atoms with Gasteiger partial charge in [0, 0.05) is 12.4 Å². The first-order valence-electron chi connectivity index (χ1n) is 2.63. The van der Waals surface area contributed by atoms with Crippen molar-refractivity contribution in [1.29, 1.82) is 0 Å². The van der Waals surface area contributed by atoms with Gasteiger partial charge in [-0.3, -0.25) is 9.11 Å². The Morgan fingerprint density at radius 3 is 1.62 bits per heavy atom. The molecule has 10 heteroatoms. The number of H-pyrrole nitrogens is 1. The monoisotopic (exact) mass is 230 g/mol. The summed E-state index contributed by atoms with van der Waals surface area (Å²) in [6.07, 6.45) is 5.08. The van der Waals surface area contributed by atoms with Crippen molar-refractivity contribution in [2.45, 2.75) is 0 Å². The maximum Gasteiger partial charge on any atom is 0.397 e. The highest BCUT2D eigenvalue weighted by molar-refractivity contribution is 8.62. The summed E-state index contributed by atoms with van der Waals surface area (Å²) in [5.41, 5.74) is 0. The molecule has 3 N–H and O–H groups in total. The largest absolute Gasteiger partial charge is 0.397 e. The van der Waals surface area contributed by atoms with Crippen LogP contribution in [0.25, 0.3) is 0 Å². The minimum absolute atomic E-state index is 1.62. The van der Waals surface area contributed by atoms with E-state index in [0.29, 0.717) is 0 Å². The first kappa shape index (κ1) is 12.0. The van der Waals surface area contributed by atoms with Crippen molar-refractivity contribution in [1.82, 2.24) is 9.97 Å². The Labute approximate surface area is 73.5 Å². The predicted octanol–water partition coefficient (Wildman–Crippen LogP) is -0.913. The second kappa shape index (κ2) is 4.32. The van der Waals surface area contributed by atoms with Gasteiger partial charge in [-0.25, -0.2) is 4.98 Å². The Morgan fingerprint density at radius 2 is 1.54 bits per heavy atom. The summed E-state index contributed by atoms with van der Waals surface area (Å²) in [6.45, 7) is 0. The van der Waals surface area contributed by atoms with E-state index in [2.05, 4.69) is 9.97 Å². The van der Waals surface area contributed by atoms with Gasteiger partial charge in [0.2, 0.25) is 0 Å². The van der Waals surface area contributed by atoms with E-state index in [4.69, 9.17) is 9.11 Å². The lowest BCUT2D eigenvalue weighted by Crippen LogP contribution is -2.11. The lowest BCUT2D eigenvalue weighted by Gasteiger charge is -1.84. The summed E-state index contributed by atoms with van der Waals surface area (Å²) in [4.78, 5) is 6.42. The van der Waals surface area contributed by atoms with Crippen LogP contribution in [-0.2, 0) is 18.3 Å². The van der Waals surface area contributed by atoms with Gasteiger partial charge in [-0.2, -0.15) is 16.8 Å². The van der Waals surface area contributed by atoms with Gasteiger partial charge in [0.1, 0.15) is 0 Å². The Balaban J connectivity index is 0.000000243. The Kier molecular flexibility index (Phi) is 4.00. The van der Waals surface area contributed by atoms with E-state index < -0.39 is 18.3 Å². The van der Waals surface area contributed by atoms with E-state index in [1.54, 1.807) is 18.7 Å². The molecule has 0 fully saturated rings. The molecule has 0 aliphatic rings. The maximum atomic E-state index is 9.37. The molecule has 0 unspecified atom stereocenters. The number of hydrogen-bond donors (Lipinski definition) is 3. The molecule has 1 aromatic rings. The number of nitrogens with one attached hydrogen (secondary N) is 1. The fourth-order valence-electron chi connectivity index (χ4n) is 0.215. The molecule has 0 aliphatic heterocycles. The van der Waals surface area contributed by atoms with Crippen molar-refractivity contribution in [2.24, 2.45) is 0 Å². The summed E-state index contributed by atoms with van der Waals surface area (Å²) >= 11 is 0. The first-order valence-corrected chi connectivity index (χ1v) is 6.02. The fraction of sp³-hybridized carbons (Fsp3) is 0. The predicted molar refractivity (Wildman–Crippen MR) is 41.7 cm³/mol. The zero-order valence-electron chi connectivity index (χ0n) is 6.02. The molecule has 8 nitrogen and oxygen atoms in total. The lowest BCUT2D eigenvalue weighted by atomic mass is 11.0. The van der Waals surface area contributed by atoms with E-state index in [0.717, 1.165) is 0 Å². The van der Waals surface area contributed by atoms with Gasteiger partial charge in [0.05, 0.1) is 6.33 Å². The van der Waals surface area contributed by atoms with E-state index in [-0.39, 0.29) is 0 Å². The van der Waals surface area contributed by atoms with E-state index in [1.807, 2.05) is 0 Å². The standard InChI is InChI=1S/C3H4N2.H2O6S2/c1-2-5-3-4-1;1-7(2,3)8(4,5)6/h1-3H,(H,4,5);(H,1,2,3)(H,4,5,6). The van der Waals surface area contributed by atoms with E-state index in [1.165, 1.54) is 0 Å². The average Bonchev–Trinajstić information content (AvgIpc) is 2.35. The lowest BCUT2D eigenvalue weighted by molar-refractivity contribution is 0.460. The van der Waals surface area contributed by atoms with Crippen molar-refractivity contribution in [3.05, 3.63) is 18.7 Å². The van der Waals surface area contributed by atoms with Crippen molar-refractivity contribution in [3.8, 4) is 0 Å². The SMILES string of the molecule is O=S(=O)(O)S(=O)(=O)O.c1c[nH]cn1. The second-order valence-electron chi connectivity index (χ2n) is 1.62. The number of aromatic amines is 1. The van der Waals surface area contributed by atoms with Gasteiger partial charge >= 0.3 is 18.3 Å². The van der Waals surface area contributed by atoms with Gasteiger partial charge in [0.15, 0.2) is 0 Å². The normalized spacial score (nSPS) is 11.5. The molecular formula is C3H6N2O6S2. The third-order valence-corrected chi connectivity index (χ3v) is 2.80. The Hall–Kier alpha value is -0.970. The van der Waals surface area contributed by atoms with Crippen molar-refractivity contribution in [3.63, 3.8) is 0 Å². The quantitative estimate of drug-likeness (QED) is 0.419. The first-order chi connectivity index (χ1) is 5.75. The number of nitrogens with zero attached hydrogens (tertiary/aromatic N) is 1. The molecule has 0 bridgehead atoms. The smallest absolute Gasteiger partial charge is 0.351 e. The van der Waals surface area contributed by atoms with Crippen LogP contribution in [-0.4, -0.2) is 35.9 Å². The van der Waals surface area contributed by atoms with Crippen LogP contribution in [0.3, 0.4) is 0 Å². The topological polar surface area (TPSA) is 137 Å². The average molecular weight is 230 g/mol. The summed E-state index contributed by atoms with van der Waals surface area (Å²) < 4.78 is 52.5. The van der Waals surface area contributed by atoms with Crippen molar-refractivity contribution >= 4 is 18.3 Å². The zero-order valence-corrected chi connectivity index (χ0v) is 7.66. The summed E-state index contributed by atoms with van der Waals surface area (Å²) in [7, 11) is -10.6. The van der Waals surface area contributed by atoms with Gasteiger partial charge in [-0.1, -0.05) is 0 Å². The van der Waals surface area contributed by atoms with Crippen molar-refractivity contribution in [2.75, 3.05) is 0 Å². The molecule has 1 rings (SSSR count). The molecular weight excluding hydrogens is 224 g/mol. The molecule has 1 aromatic heterocycles. The van der Waals surface area contributed by atoms with Crippen LogP contribution in [0.5, 0.6) is 0 Å². The van der Waals surface area contributed by atoms with Crippen LogP contribution in [0, 0.1) is 0 Å². The van der Waals surface area contributed by atoms with Crippen LogP contribution in [0.1, 0.15) is 0 Å². The van der Waals surface area contributed by atoms with Crippen LogP contribution < -0.4 is 0 Å². The molecule has 0 saturated carbocycles. The van der Waals surface area contributed by atoms with Crippen LogP contribution in [0.15, 0.2) is 18.7 Å². The molecule has 0 aliphatic carbocycles. The molecule has 0 amide bonds. The van der Waals surface area contributed by atoms with E-state index in [9.17, 15) is 16.8 Å². The van der Waals surface area contributed by atoms with Gasteiger partial charge < -0.3 is 4.98 Å². The summed E-state index contributed by atoms with van der Waals surface area (Å²) in [5, 5.41) is 0. The van der Waals surface area contributed by atoms with Crippen LogP contribution in [0.4, 0.5) is 0 Å². The second-order valence-corrected chi connectivity index (χ2v) is 5.85. The Bertz CT molecular complexity index is 369. The number of imidazole rings is 1. The molecule has 0 saturated heterocycles. The van der Waals surface area contributed by atoms with Gasteiger partial charge in [-0.15, -0.1) is 0 Å². The molecule has 0 radical (unpaired) electrons. The summed E-state index contributed by atoms with van der Waals surface area (Å²) in [6, 6.07) is 0. The van der Waals surface area contributed by atoms with Crippen LogP contribution in [0.2, 0.25) is 0 Å². The molecule has 76 valence electrons.